The van der Waals surface area contributed by atoms with Crippen molar-refractivity contribution in [3.05, 3.63) is 29.5 Å². The van der Waals surface area contributed by atoms with Gasteiger partial charge in [-0.1, -0.05) is 47.0 Å². The maximum atomic E-state index is 13.6. The number of carbonyl (C=O) groups is 2. The first kappa shape index (κ1) is 27.2. The number of aliphatic hydroxyl groups excluding tert-OH is 2. The summed E-state index contributed by atoms with van der Waals surface area (Å²) in [6.07, 6.45) is 7.53. The molecule has 194 valence electrons. The highest BCUT2D eigenvalue weighted by Crippen LogP contribution is 2.37. The molecular weight excluding hydrogens is 442 g/mol. The van der Waals surface area contributed by atoms with Gasteiger partial charge in [0.15, 0.2) is 5.78 Å². The zero-order valence-electron chi connectivity index (χ0n) is 21.8. The number of hydrogen-bond acceptors (Lipinski definition) is 5. The predicted molar refractivity (Wildman–Crippen MR) is 141 cm³/mol. The maximum Gasteiger partial charge on any atom is 0.243 e. The summed E-state index contributed by atoms with van der Waals surface area (Å²) in [6, 6.07) is 3.08. The molecule has 0 fully saturated rings. The van der Waals surface area contributed by atoms with Crippen molar-refractivity contribution in [1.29, 1.82) is 0 Å². The van der Waals surface area contributed by atoms with Gasteiger partial charge in [-0.2, -0.15) is 0 Å². The van der Waals surface area contributed by atoms with Crippen LogP contribution in [-0.4, -0.2) is 58.7 Å². The summed E-state index contributed by atoms with van der Waals surface area (Å²) in [5.74, 6) is 0.434. The van der Waals surface area contributed by atoms with Crippen molar-refractivity contribution in [2.45, 2.75) is 84.7 Å². The SMILES string of the molecule is CCCCC(CC)CN1c2ccc(C(=O)CCCO)c3[nH]cc(c23)C[C@@H](CO)NC(=O)[C@@H]1C(C)C. The zero-order valence-corrected chi connectivity index (χ0v) is 21.8. The van der Waals surface area contributed by atoms with Gasteiger partial charge in [0.1, 0.15) is 6.04 Å². The van der Waals surface area contributed by atoms with Crippen LogP contribution < -0.4 is 10.2 Å². The standard InChI is InChI=1S/C28H43N3O4/c1-5-7-9-19(6-2)16-31-23-12-11-22(24(34)10-8-13-32)26-25(23)20(15-29-26)14-21(17-33)30-28(35)27(31)18(3)4/h11-12,15,18-19,21,27,29,32-33H,5-10,13-14,16-17H2,1-4H3,(H,30,35)/t19?,21-,27-/m0/s1. The Morgan fingerprint density at radius 1 is 1.20 bits per heavy atom. The Morgan fingerprint density at radius 3 is 2.60 bits per heavy atom. The molecule has 1 aromatic heterocycles. The van der Waals surface area contributed by atoms with Gasteiger partial charge in [-0.15, -0.1) is 0 Å². The number of Topliss-reactive ketones (excluding diaryl/α,β-unsaturated/α-hetero) is 1. The Hall–Kier alpha value is -2.38. The van der Waals surface area contributed by atoms with Crippen LogP contribution >= 0.6 is 0 Å². The third kappa shape index (κ3) is 6.07. The van der Waals surface area contributed by atoms with Crippen molar-refractivity contribution in [1.82, 2.24) is 10.3 Å². The van der Waals surface area contributed by atoms with Gasteiger partial charge in [0.2, 0.25) is 5.91 Å². The number of carbonyl (C=O) groups excluding carboxylic acids is 2. The molecule has 3 rings (SSSR count). The Bertz CT molecular complexity index is 999. The van der Waals surface area contributed by atoms with Gasteiger partial charge >= 0.3 is 0 Å². The predicted octanol–water partition coefficient (Wildman–Crippen LogP) is 4.20. The van der Waals surface area contributed by atoms with Crippen LogP contribution in [0.25, 0.3) is 10.9 Å². The number of benzene rings is 1. The molecule has 0 spiro atoms. The monoisotopic (exact) mass is 485 g/mol. The quantitative estimate of drug-likeness (QED) is 0.337. The Morgan fingerprint density at radius 2 is 1.97 bits per heavy atom. The largest absolute Gasteiger partial charge is 0.396 e. The highest BCUT2D eigenvalue weighted by molar-refractivity contribution is 6.11. The molecule has 1 aliphatic rings. The number of rotatable bonds is 12. The van der Waals surface area contributed by atoms with Crippen molar-refractivity contribution < 1.29 is 19.8 Å². The smallest absolute Gasteiger partial charge is 0.243 e. The highest BCUT2D eigenvalue weighted by Gasteiger charge is 2.35. The third-order valence-corrected chi connectivity index (χ3v) is 7.33. The molecule has 2 heterocycles. The summed E-state index contributed by atoms with van der Waals surface area (Å²) in [7, 11) is 0. The number of nitrogens with zero attached hydrogens (tertiary/aromatic N) is 1. The van der Waals surface area contributed by atoms with Gasteiger partial charge in [-0.25, -0.2) is 0 Å². The normalized spacial score (nSPS) is 19.4. The number of ketones is 1. The minimum absolute atomic E-state index is 0.00637. The molecule has 1 amide bonds. The molecule has 0 saturated heterocycles. The van der Waals surface area contributed by atoms with E-state index < -0.39 is 6.04 Å². The fourth-order valence-electron chi connectivity index (χ4n) is 5.38. The van der Waals surface area contributed by atoms with E-state index in [2.05, 4.69) is 42.9 Å². The van der Waals surface area contributed by atoms with Crippen LogP contribution in [0.4, 0.5) is 5.69 Å². The number of anilines is 1. The van der Waals surface area contributed by atoms with Gasteiger partial charge in [0.05, 0.1) is 18.2 Å². The lowest BCUT2D eigenvalue weighted by molar-refractivity contribution is -0.124. The summed E-state index contributed by atoms with van der Waals surface area (Å²) < 4.78 is 0. The summed E-state index contributed by atoms with van der Waals surface area (Å²) in [5, 5.41) is 23.3. The first-order valence-electron chi connectivity index (χ1n) is 13.3. The molecule has 4 N–H and O–H groups in total. The molecule has 7 heteroatoms. The molecule has 7 nitrogen and oxygen atoms in total. The second-order valence-corrected chi connectivity index (χ2v) is 10.3. The minimum atomic E-state index is -0.397. The van der Waals surface area contributed by atoms with Gasteiger partial charge in [0.25, 0.3) is 0 Å². The Labute approximate surface area is 209 Å². The third-order valence-electron chi connectivity index (χ3n) is 7.33. The number of hydrogen-bond donors (Lipinski definition) is 4. The molecule has 0 aliphatic carbocycles. The number of aliphatic hydroxyl groups is 2. The van der Waals surface area contributed by atoms with Gasteiger partial charge in [-0.05, 0) is 48.8 Å². The van der Waals surface area contributed by atoms with E-state index in [-0.39, 0.29) is 43.3 Å². The fourth-order valence-corrected chi connectivity index (χ4v) is 5.38. The van der Waals surface area contributed by atoms with Crippen molar-refractivity contribution in [2.75, 3.05) is 24.7 Å². The second kappa shape index (κ2) is 12.5. The molecule has 0 saturated carbocycles. The van der Waals surface area contributed by atoms with E-state index in [1.165, 1.54) is 0 Å². The summed E-state index contributed by atoms with van der Waals surface area (Å²) in [6.45, 7) is 9.14. The summed E-state index contributed by atoms with van der Waals surface area (Å²) in [5.41, 5.74) is 3.35. The van der Waals surface area contributed by atoms with E-state index in [9.17, 15) is 19.8 Å². The Balaban J connectivity index is 2.20. The molecule has 1 unspecified atom stereocenters. The minimum Gasteiger partial charge on any atom is -0.396 e. The van der Waals surface area contributed by atoms with E-state index in [4.69, 9.17) is 0 Å². The van der Waals surface area contributed by atoms with Crippen molar-refractivity contribution >= 4 is 28.3 Å². The van der Waals surface area contributed by atoms with E-state index >= 15 is 0 Å². The lowest BCUT2D eigenvalue weighted by Crippen LogP contribution is -2.54. The molecule has 0 radical (unpaired) electrons. The lowest BCUT2D eigenvalue weighted by atomic mass is 9.93. The molecule has 3 atom stereocenters. The fraction of sp³-hybridized carbons (Fsp3) is 0.643. The van der Waals surface area contributed by atoms with Crippen LogP contribution in [0, 0.1) is 11.8 Å². The number of aromatic nitrogens is 1. The van der Waals surface area contributed by atoms with Crippen LogP contribution in [0.1, 0.15) is 82.1 Å². The van der Waals surface area contributed by atoms with Crippen molar-refractivity contribution in [3.63, 3.8) is 0 Å². The molecular formula is C28H43N3O4. The van der Waals surface area contributed by atoms with E-state index in [1.807, 2.05) is 18.3 Å². The van der Waals surface area contributed by atoms with E-state index in [1.54, 1.807) is 0 Å². The van der Waals surface area contributed by atoms with E-state index in [0.29, 0.717) is 24.3 Å². The van der Waals surface area contributed by atoms with Gasteiger partial charge in [0, 0.05) is 42.4 Å². The average Bonchev–Trinajstić information content (AvgIpc) is 3.27. The first-order chi connectivity index (χ1) is 16.9. The molecule has 1 aliphatic heterocycles. The Kier molecular flexibility index (Phi) is 9.75. The van der Waals surface area contributed by atoms with Crippen LogP contribution in [0.5, 0.6) is 0 Å². The average molecular weight is 486 g/mol. The van der Waals surface area contributed by atoms with Gasteiger partial charge in [-0.3, -0.25) is 9.59 Å². The molecule has 2 aromatic rings. The second-order valence-electron chi connectivity index (χ2n) is 10.3. The van der Waals surface area contributed by atoms with Crippen LogP contribution in [0.15, 0.2) is 18.3 Å². The van der Waals surface area contributed by atoms with E-state index in [0.717, 1.165) is 54.4 Å². The van der Waals surface area contributed by atoms with Crippen LogP contribution in [0.2, 0.25) is 0 Å². The molecule has 1 aromatic carbocycles. The maximum absolute atomic E-state index is 13.6. The van der Waals surface area contributed by atoms with Crippen molar-refractivity contribution in [2.24, 2.45) is 11.8 Å². The van der Waals surface area contributed by atoms with Gasteiger partial charge < -0.3 is 25.4 Å². The number of unbranched alkanes of at least 4 members (excludes halogenated alkanes) is 1. The zero-order chi connectivity index (χ0) is 25.5. The lowest BCUT2D eigenvalue weighted by Gasteiger charge is -2.38. The summed E-state index contributed by atoms with van der Waals surface area (Å²) >= 11 is 0. The summed E-state index contributed by atoms with van der Waals surface area (Å²) in [4.78, 5) is 32.1. The molecule has 35 heavy (non-hydrogen) atoms. The topological polar surface area (TPSA) is 106 Å². The number of H-pyrrole nitrogens is 1. The van der Waals surface area contributed by atoms with Crippen molar-refractivity contribution in [3.8, 4) is 0 Å². The number of amides is 1. The number of nitrogens with one attached hydrogen (secondary N) is 2. The highest BCUT2D eigenvalue weighted by atomic mass is 16.3. The van der Waals surface area contributed by atoms with Crippen LogP contribution in [-0.2, 0) is 11.2 Å². The van der Waals surface area contributed by atoms with Crippen LogP contribution in [0.3, 0.4) is 0 Å². The first-order valence-corrected chi connectivity index (χ1v) is 13.3. The number of aromatic amines is 1. The molecule has 0 bridgehead atoms.